The molecule has 4 atom stereocenters. The summed E-state index contributed by atoms with van der Waals surface area (Å²) in [7, 11) is 0. The fourth-order valence-electron chi connectivity index (χ4n) is 7.29. The molecule has 2 N–H and O–H groups in total. The Bertz CT molecular complexity index is 1820. The van der Waals surface area contributed by atoms with Crippen LogP contribution in [-0.2, 0) is 19.2 Å². The molecule has 0 unspecified atom stereocenters. The number of benzene rings is 3. The second-order valence-corrected chi connectivity index (χ2v) is 11.8. The molecule has 3 aliphatic carbocycles. The van der Waals surface area contributed by atoms with Crippen LogP contribution in [0.4, 0.5) is 17.1 Å². The molecule has 1 saturated heterocycles. The molecule has 4 aliphatic rings. The van der Waals surface area contributed by atoms with Crippen molar-refractivity contribution in [2.24, 2.45) is 17.8 Å². The molecular weight excluding hydrogens is 540 g/mol. The van der Waals surface area contributed by atoms with Gasteiger partial charge in [0, 0.05) is 39.6 Å². The highest BCUT2D eigenvalue weighted by Gasteiger charge is 2.56. The Kier molecular flexibility index (Phi) is 6.27. The Labute approximate surface area is 249 Å². The number of imide groups is 1. The van der Waals surface area contributed by atoms with E-state index in [-0.39, 0.29) is 35.6 Å². The van der Waals surface area contributed by atoms with Gasteiger partial charge in [-0.25, -0.2) is 0 Å². The summed E-state index contributed by atoms with van der Waals surface area (Å²) in [6.45, 7) is 3.41. The summed E-state index contributed by atoms with van der Waals surface area (Å²) >= 11 is 0. The predicted molar refractivity (Wildman–Crippen MR) is 163 cm³/mol. The van der Waals surface area contributed by atoms with E-state index in [1.54, 1.807) is 38.1 Å². The minimum absolute atomic E-state index is 0.0641. The van der Waals surface area contributed by atoms with Crippen LogP contribution in [0.2, 0.25) is 0 Å². The molecular formula is C36H30N2O5. The van der Waals surface area contributed by atoms with Gasteiger partial charge in [-0.3, -0.25) is 24.1 Å². The van der Waals surface area contributed by atoms with Crippen LogP contribution >= 0.6 is 0 Å². The van der Waals surface area contributed by atoms with Gasteiger partial charge in [0.15, 0.2) is 11.6 Å². The summed E-state index contributed by atoms with van der Waals surface area (Å²) in [5.74, 6) is -3.33. The van der Waals surface area contributed by atoms with Crippen molar-refractivity contribution < 1.29 is 24.3 Å². The van der Waals surface area contributed by atoms with E-state index < -0.39 is 23.7 Å². The molecule has 1 aliphatic heterocycles. The highest BCUT2D eigenvalue weighted by molar-refractivity contribution is 6.25. The van der Waals surface area contributed by atoms with Crippen LogP contribution in [0.15, 0.2) is 107 Å². The van der Waals surface area contributed by atoms with Gasteiger partial charge >= 0.3 is 0 Å². The van der Waals surface area contributed by atoms with Crippen LogP contribution in [0.3, 0.4) is 0 Å². The third kappa shape index (κ3) is 4.18. The number of allylic oxidation sites excluding steroid dienone is 6. The van der Waals surface area contributed by atoms with Gasteiger partial charge in [0.2, 0.25) is 11.8 Å². The Morgan fingerprint density at radius 3 is 2.28 bits per heavy atom. The lowest BCUT2D eigenvalue weighted by atomic mass is 9.59. The average molecular weight is 571 g/mol. The standard InChI is InChI=1S/C36H30N2O5/c1-19-7-6-10-25(33(19)40)30-24-15-16-26-31(27(24)18-28-32(30)29(39)17-20(2)34(28)41)36(43)38(35(26)42)23-13-11-22(12-14-23)37-21-8-4-3-5-9-21/h3-15,17,26-27,30-31,37,40H,16,18H2,1-2H3/t26-,27+,30+,31-/m0/s1. The smallest absolute Gasteiger partial charge is 0.238 e. The van der Waals surface area contributed by atoms with Crippen LogP contribution in [0.25, 0.3) is 0 Å². The van der Waals surface area contributed by atoms with Gasteiger partial charge < -0.3 is 10.4 Å². The zero-order valence-electron chi connectivity index (χ0n) is 23.8. The molecule has 214 valence electrons. The first kappa shape index (κ1) is 26.8. The van der Waals surface area contributed by atoms with Gasteiger partial charge in [-0.1, -0.05) is 48.0 Å². The Morgan fingerprint density at radius 2 is 1.53 bits per heavy atom. The first-order valence-corrected chi connectivity index (χ1v) is 14.5. The van der Waals surface area contributed by atoms with Crippen LogP contribution in [0.1, 0.15) is 36.8 Å². The Hall–Kier alpha value is -5.04. The quantitative estimate of drug-likeness (QED) is 0.224. The Morgan fingerprint density at radius 1 is 0.814 bits per heavy atom. The molecule has 0 aromatic heterocycles. The number of anilines is 3. The van der Waals surface area contributed by atoms with Gasteiger partial charge in [-0.2, -0.15) is 0 Å². The van der Waals surface area contributed by atoms with Crippen molar-refractivity contribution in [2.75, 3.05) is 10.2 Å². The molecule has 0 spiro atoms. The molecule has 0 bridgehead atoms. The summed E-state index contributed by atoms with van der Waals surface area (Å²) in [6.07, 6.45) is 3.88. The summed E-state index contributed by atoms with van der Waals surface area (Å²) in [6, 6.07) is 22.3. The molecule has 1 heterocycles. The van der Waals surface area contributed by atoms with Gasteiger partial charge in [-0.15, -0.1) is 0 Å². The van der Waals surface area contributed by atoms with Crippen LogP contribution < -0.4 is 10.2 Å². The van der Waals surface area contributed by atoms with Crippen molar-refractivity contribution in [3.63, 3.8) is 0 Å². The number of rotatable bonds is 4. The van der Waals surface area contributed by atoms with Gasteiger partial charge in [-0.05, 0) is 80.6 Å². The molecule has 1 fully saturated rings. The highest BCUT2D eigenvalue weighted by atomic mass is 16.3. The van der Waals surface area contributed by atoms with Gasteiger partial charge in [0.1, 0.15) is 5.75 Å². The number of amides is 2. The van der Waals surface area contributed by atoms with Gasteiger partial charge in [0.05, 0.1) is 17.5 Å². The van der Waals surface area contributed by atoms with E-state index in [1.807, 2.05) is 54.6 Å². The number of phenolic OH excluding ortho intramolecular Hbond substituents is 1. The van der Waals surface area contributed by atoms with Crippen LogP contribution in [-0.4, -0.2) is 28.5 Å². The number of nitrogens with zero attached hydrogens (tertiary/aromatic N) is 1. The van der Waals surface area contributed by atoms with E-state index in [1.165, 1.54) is 11.0 Å². The van der Waals surface area contributed by atoms with Crippen molar-refractivity contribution in [1.29, 1.82) is 0 Å². The van der Waals surface area contributed by atoms with Crippen molar-refractivity contribution in [1.82, 2.24) is 0 Å². The van der Waals surface area contributed by atoms with E-state index in [2.05, 4.69) is 5.32 Å². The normalized spacial score (nSPS) is 24.7. The molecule has 0 radical (unpaired) electrons. The zero-order valence-corrected chi connectivity index (χ0v) is 23.8. The van der Waals surface area contributed by atoms with Crippen molar-refractivity contribution in [2.45, 2.75) is 32.6 Å². The fourth-order valence-corrected chi connectivity index (χ4v) is 7.29. The average Bonchev–Trinajstić information content (AvgIpc) is 3.27. The lowest BCUT2D eigenvalue weighted by molar-refractivity contribution is -0.123. The molecule has 0 saturated carbocycles. The maximum absolute atomic E-state index is 14.1. The summed E-state index contributed by atoms with van der Waals surface area (Å²) in [5.41, 5.74) is 5.36. The first-order chi connectivity index (χ1) is 20.7. The lowest BCUT2D eigenvalue weighted by Gasteiger charge is -2.42. The highest BCUT2D eigenvalue weighted by Crippen LogP contribution is 2.56. The third-order valence-corrected chi connectivity index (χ3v) is 9.33. The topological polar surface area (TPSA) is 104 Å². The number of nitrogens with one attached hydrogen (secondary N) is 1. The minimum atomic E-state index is -0.674. The molecule has 7 heteroatoms. The third-order valence-electron chi connectivity index (χ3n) is 9.33. The maximum Gasteiger partial charge on any atom is 0.238 e. The molecule has 43 heavy (non-hydrogen) atoms. The number of para-hydroxylation sites is 2. The number of fused-ring (bicyclic) bond motifs is 3. The largest absolute Gasteiger partial charge is 0.507 e. The number of phenols is 1. The maximum atomic E-state index is 14.1. The minimum Gasteiger partial charge on any atom is -0.507 e. The zero-order chi connectivity index (χ0) is 30.0. The molecule has 3 aromatic rings. The molecule has 7 rings (SSSR count). The van der Waals surface area contributed by atoms with Crippen LogP contribution in [0, 0.1) is 24.7 Å². The lowest BCUT2D eigenvalue weighted by Crippen LogP contribution is -2.39. The van der Waals surface area contributed by atoms with E-state index in [4.69, 9.17) is 0 Å². The molecule has 7 nitrogen and oxygen atoms in total. The second kappa shape index (κ2) is 10.1. The van der Waals surface area contributed by atoms with Crippen molar-refractivity contribution in [3.05, 3.63) is 118 Å². The second-order valence-electron chi connectivity index (χ2n) is 11.8. The summed E-state index contributed by atoms with van der Waals surface area (Å²) in [4.78, 5) is 56.1. The van der Waals surface area contributed by atoms with Crippen molar-refractivity contribution in [3.8, 4) is 5.75 Å². The summed E-state index contributed by atoms with van der Waals surface area (Å²) in [5, 5.41) is 14.4. The monoisotopic (exact) mass is 570 g/mol. The number of aromatic hydroxyl groups is 1. The number of carbonyl (C=O) groups is 4. The van der Waals surface area contributed by atoms with E-state index in [9.17, 15) is 24.3 Å². The number of hydrogen-bond acceptors (Lipinski definition) is 6. The van der Waals surface area contributed by atoms with E-state index in [0.717, 1.165) is 16.9 Å². The number of Topliss-reactive ketones (excluding diaryl/α,β-unsaturated/α-hetero) is 1. The summed E-state index contributed by atoms with van der Waals surface area (Å²) < 4.78 is 0. The molecule has 3 aromatic carbocycles. The predicted octanol–water partition coefficient (Wildman–Crippen LogP) is 6.08. The SMILES string of the molecule is CC1=CC(=O)C2=C(C[C@@H]3C(=CC[C@@H]4C(=O)N(c5ccc(Nc6ccccc6)cc5)C(=O)[C@@H]43)[C@@H]2c2cccc(C)c2O)C1=O. The fraction of sp³-hybridized carbons (Fsp3) is 0.222. The van der Waals surface area contributed by atoms with E-state index >= 15 is 0 Å². The molecule has 2 amide bonds. The van der Waals surface area contributed by atoms with Gasteiger partial charge in [0.25, 0.3) is 0 Å². The van der Waals surface area contributed by atoms with E-state index in [0.29, 0.717) is 40.0 Å². The van der Waals surface area contributed by atoms with Crippen LogP contribution in [0.5, 0.6) is 5.75 Å². The number of ketones is 2. The van der Waals surface area contributed by atoms with Crippen molar-refractivity contribution >= 4 is 40.4 Å². The number of carbonyl (C=O) groups excluding carboxylic acids is 4. The first-order valence-electron chi connectivity index (χ1n) is 14.5. The number of hydrogen-bond donors (Lipinski definition) is 2. The number of aryl methyl sites for hydroxylation is 1. The Balaban J connectivity index is 1.26.